The van der Waals surface area contributed by atoms with Gasteiger partial charge in [0.1, 0.15) is 41.2 Å². The van der Waals surface area contributed by atoms with E-state index in [0.29, 0.717) is 28.0 Å². The van der Waals surface area contributed by atoms with Crippen LogP contribution in [0.25, 0.3) is 10.9 Å². The molecule has 2 heterocycles. The molecule has 0 saturated carbocycles. The molecule has 2 aromatic heterocycles. The zero-order valence-corrected chi connectivity index (χ0v) is 18.3. The van der Waals surface area contributed by atoms with E-state index in [-0.39, 0.29) is 17.6 Å². The quantitative estimate of drug-likeness (QED) is 0.428. The Morgan fingerprint density at radius 2 is 1.94 bits per heavy atom. The fourth-order valence-electron chi connectivity index (χ4n) is 3.84. The summed E-state index contributed by atoms with van der Waals surface area (Å²) < 4.78 is 46.6. The lowest BCUT2D eigenvalue weighted by Crippen LogP contribution is -2.41. The Morgan fingerprint density at radius 3 is 2.58 bits per heavy atom. The first-order chi connectivity index (χ1) is 14.7. The van der Waals surface area contributed by atoms with Gasteiger partial charge < -0.3 is 5.11 Å². The third kappa shape index (κ3) is 3.74. The van der Waals surface area contributed by atoms with E-state index in [2.05, 4.69) is 31.1 Å². The van der Waals surface area contributed by atoms with Crippen LogP contribution in [0.2, 0.25) is 0 Å². The highest BCUT2D eigenvalue weighted by Gasteiger charge is 2.42. The van der Waals surface area contributed by atoms with Crippen LogP contribution in [0.15, 0.2) is 47.5 Å². The summed E-state index contributed by atoms with van der Waals surface area (Å²) in [6.45, 7) is 3.28. The first-order valence-electron chi connectivity index (χ1n) is 9.61. The van der Waals surface area contributed by atoms with Crippen molar-refractivity contribution in [1.29, 1.82) is 0 Å². The number of hydrogen-bond acceptors (Lipinski definition) is 4. The van der Waals surface area contributed by atoms with Gasteiger partial charge in [-0.2, -0.15) is 10.2 Å². The highest BCUT2D eigenvalue weighted by atomic mass is 79.9. The topological polar surface area (TPSA) is 68.8 Å². The van der Waals surface area contributed by atoms with Gasteiger partial charge in [-0.1, -0.05) is 28.9 Å². The SMILES string of the molecule is CCc1nn([C@H](C)[C@](O)(Cn2cncn2)c2ccc(F)cc2F)c2c(F)cc(Br)cc12. The second-order valence-corrected chi connectivity index (χ2v) is 8.26. The number of benzene rings is 2. The van der Waals surface area contributed by atoms with Crippen LogP contribution < -0.4 is 0 Å². The number of aromatic nitrogens is 5. The highest BCUT2D eigenvalue weighted by molar-refractivity contribution is 9.10. The number of halogens is 4. The second kappa shape index (κ2) is 8.08. The molecule has 2 atom stereocenters. The average molecular weight is 494 g/mol. The van der Waals surface area contributed by atoms with E-state index in [0.717, 1.165) is 6.07 Å². The van der Waals surface area contributed by atoms with Crippen molar-refractivity contribution in [3.8, 4) is 0 Å². The van der Waals surface area contributed by atoms with E-state index in [9.17, 15) is 18.3 Å². The molecule has 162 valence electrons. The molecule has 4 rings (SSSR count). The molecule has 0 bridgehead atoms. The molecule has 0 saturated heterocycles. The van der Waals surface area contributed by atoms with Crippen molar-refractivity contribution >= 4 is 26.8 Å². The van der Waals surface area contributed by atoms with Crippen LogP contribution in [0.1, 0.15) is 31.1 Å². The number of nitrogens with zero attached hydrogens (tertiary/aromatic N) is 5. The Morgan fingerprint density at radius 1 is 1.16 bits per heavy atom. The molecule has 0 amide bonds. The van der Waals surface area contributed by atoms with Gasteiger partial charge in [0.05, 0.1) is 18.3 Å². The number of hydrogen-bond donors (Lipinski definition) is 1. The molecular weight excluding hydrogens is 475 g/mol. The Hall–Kier alpha value is -2.72. The molecule has 0 spiro atoms. The van der Waals surface area contributed by atoms with Crippen LogP contribution in [0.3, 0.4) is 0 Å². The van der Waals surface area contributed by atoms with E-state index in [1.807, 2.05) is 6.92 Å². The normalized spacial score (nSPS) is 14.7. The fourth-order valence-corrected chi connectivity index (χ4v) is 4.27. The van der Waals surface area contributed by atoms with Gasteiger partial charge in [-0.25, -0.2) is 22.8 Å². The molecule has 31 heavy (non-hydrogen) atoms. The minimum atomic E-state index is -1.95. The summed E-state index contributed by atoms with van der Waals surface area (Å²) in [7, 11) is 0. The van der Waals surface area contributed by atoms with Crippen molar-refractivity contribution in [2.24, 2.45) is 0 Å². The standard InChI is InChI=1S/C21H19BrF3N5O/c1-3-19-15-6-13(22)7-18(25)20(15)30(28-19)12(2)21(31,9-29-11-26-10-27-29)16-5-4-14(23)8-17(16)24/h4-8,10-12,31H,3,9H2,1-2H3/t12-,21-/m1/s1. The van der Waals surface area contributed by atoms with E-state index >= 15 is 0 Å². The minimum absolute atomic E-state index is 0.156. The Kier molecular flexibility index (Phi) is 5.61. The van der Waals surface area contributed by atoms with Crippen LogP contribution in [0, 0.1) is 17.5 Å². The molecule has 0 aliphatic heterocycles. The fraction of sp³-hybridized carbons (Fsp3) is 0.286. The summed E-state index contributed by atoms with van der Waals surface area (Å²) >= 11 is 3.30. The molecule has 2 aromatic carbocycles. The maximum absolute atomic E-state index is 15.0. The molecule has 4 aromatic rings. The van der Waals surface area contributed by atoms with Crippen molar-refractivity contribution in [1.82, 2.24) is 24.5 Å². The first-order valence-corrected chi connectivity index (χ1v) is 10.4. The highest BCUT2D eigenvalue weighted by Crippen LogP contribution is 2.39. The predicted molar refractivity (Wildman–Crippen MR) is 112 cm³/mol. The number of aliphatic hydroxyl groups is 1. The molecule has 1 N–H and O–H groups in total. The van der Waals surface area contributed by atoms with Gasteiger partial charge in [0.2, 0.25) is 0 Å². The first kappa shape index (κ1) is 21.5. The Bertz CT molecular complexity index is 1240. The molecule has 0 radical (unpaired) electrons. The molecular formula is C21H19BrF3N5O. The molecule has 0 aliphatic rings. The van der Waals surface area contributed by atoms with Gasteiger partial charge in [0.15, 0.2) is 0 Å². The van der Waals surface area contributed by atoms with Gasteiger partial charge in [0, 0.05) is 21.5 Å². The van der Waals surface area contributed by atoms with Crippen LogP contribution in [-0.2, 0) is 18.6 Å². The number of fused-ring (bicyclic) bond motifs is 1. The van der Waals surface area contributed by atoms with Gasteiger partial charge >= 0.3 is 0 Å². The van der Waals surface area contributed by atoms with E-state index in [1.165, 1.54) is 34.2 Å². The Balaban J connectivity index is 1.94. The lowest BCUT2D eigenvalue weighted by molar-refractivity contribution is -0.0357. The largest absolute Gasteiger partial charge is 0.381 e. The molecule has 6 nitrogen and oxygen atoms in total. The van der Waals surface area contributed by atoms with Crippen molar-refractivity contribution < 1.29 is 18.3 Å². The van der Waals surface area contributed by atoms with Gasteiger partial charge in [-0.15, -0.1) is 0 Å². The van der Waals surface area contributed by atoms with Crippen molar-refractivity contribution in [2.75, 3.05) is 0 Å². The van der Waals surface area contributed by atoms with E-state index in [4.69, 9.17) is 0 Å². The average Bonchev–Trinajstić information content (AvgIpc) is 3.34. The molecule has 0 fully saturated rings. The summed E-state index contributed by atoms with van der Waals surface area (Å²) in [5.74, 6) is -2.23. The minimum Gasteiger partial charge on any atom is -0.381 e. The van der Waals surface area contributed by atoms with Gasteiger partial charge in [0.25, 0.3) is 0 Å². The lowest BCUT2D eigenvalue weighted by atomic mass is 9.86. The summed E-state index contributed by atoms with van der Waals surface area (Å²) in [5.41, 5.74) is -1.29. The second-order valence-electron chi connectivity index (χ2n) is 7.35. The van der Waals surface area contributed by atoms with Crippen LogP contribution >= 0.6 is 15.9 Å². The van der Waals surface area contributed by atoms with Crippen LogP contribution in [0.5, 0.6) is 0 Å². The monoisotopic (exact) mass is 493 g/mol. The third-order valence-corrected chi connectivity index (χ3v) is 5.91. The predicted octanol–water partition coefficient (Wildman–Crippen LogP) is 4.52. The molecule has 10 heteroatoms. The number of rotatable bonds is 6. The number of aryl methyl sites for hydroxylation is 1. The summed E-state index contributed by atoms with van der Waals surface area (Å²) in [4.78, 5) is 3.86. The van der Waals surface area contributed by atoms with Crippen molar-refractivity contribution in [2.45, 2.75) is 38.5 Å². The molecule has 0 unspecified atom stereocenters. The maximum atomic E-state index is 15.0. The summed E-state index contributed by atoms with van der Waals surface area (Å²) in [6.07, 6.45) is 3.18. The zero-order valence-electron chi connectivity index (χ0n) is 16.7. The third-order valence-electron chi connectivity index (χ3n) is 5.46. The van der Waals surface area contributed by atoms with Gasteiger partial charge in [-0.3, -0.25) is 4.68 Å². The Labute approximate surface area is 184 Å². The van der Waals surface area contributed by atoms with Gasteiger partial charge in [-0.05, 0) is 31.5 Å². The summed E-state index contributed by atoms with van der Waals surface area (Å²) in [5, 5.41) is 20.9. The van der Waals surface area contributed by atoms with E-state index in [1.54, 1.807) is 13.0 Å². The van der Waals surface area contributed by atoms with E-state index < -0.39 is 29.1 Å². The lowest BCUT2D eigenvalue weighted by Gasteiger charge is -2.35. The maximum Gasteiger partial charge on any atom is 0.150 e. The smallest absolute Gasteiger partial charge is 0.150 e. The van der Waals surface area contributed by atoms with Crippen molar-refractivity contribution in [3.05, 3.63) is 76.2 Å². The zero-order chi connectivity index (χ0) is 22.3. The van der Waals surface area contributed by atoms with Crippen LogP contribution in [0.4, 0.5) is 13.2 Å². The van der Waals surface area contributed by atoms with Crippen LogP contribution in [-0.4, -0.2) is 29.7 Å². The molecule has 0 aliphatic carbocycles. The van der Waals surface area contributed by atoms with Crippen molar-refractivity contribution in [3.63, 3.8) is 0 Å². The summed E-state index contributed by atoms with van der Waals surface area (Å²) in [6, 6.07) is 5.05.